The van der Waals surface area contributed by atoms with Gasteiger partial charge in [0.2, 0.25) is 5.78 Å². The number of nitrogen functional groups attached to an aromatic ring is 1. The summed E-state index contributed by atoms with van der Waals surface area (Å²) < 4.78 is 14.5. The molecule has 2 aromatic rings. The zero-order valence-electron chi connectivity index (χ0n) is 8.51. The van der Waals surface area contributed by atoms with Gasteiger partial charge in [0, 0.05) is 7.05 Å². The van der Waals surface area contributed by atoms with E-state index in [1.165, 1.54) is 29.1 Å². The van der Waals surface area contributed by atoms with Gasteiger partial charge in [-0.3, -0.25) is 4.79 Å². The van der Waals surface area contributed by atoms with Crippen molar-refractivity contribution in [3.63, 3.8) is 0 Å². The first-order valence-corrected chi connectivity index (χ1v) is 4.54. The lowest BCUT2D eigenvalue weighted by molar-refractivity contribution is 0.103. The standard InChI is InChI=1S/C10H9FN4O/c1-15-8(5-13-14-15)10(16)6-3-2-4-7(11)9(6)12/h2-5H,12H2,1H3. The number of halogens is 1. The molecule has 1 aromatic carbocycles. The number of benzene rings is 1. The van der Waals surface area contributed by atoms with Gasteiger partial charge < -0.3 is 5.73 Å². The van der Waals surface area contributed by atoms with Gasteiger partial charge in [0.15, 0.2) is 0 Å². The van der Waals surface area contributed by atoms with Gasteiger partial charge in [-0.25, -0.2) is 9.07 Å². The molecule has 0 saturated heterocycles. The highest BCUT2D eigenvalue weighted by atomic mass is 19.1. The van der Waals surface area contributed by atoms with E-state index in [0.29, 0.717) is 0 Å². The molecule has 0 bridgehead atoms. The average molecular weight is 220 g/mol. The summed E-state index contributed by atoms with van der Waals surface area (Å²) in [4.78, 5) is 12.0. The van der Waals surface area contributed by atoms with Crippen molar-refractivity contribution in [2.24, 2.45) is 7.05 Å². The fraction of sp³-hybridized carbons (Fsp3) is 0.100. The third-order valence-electron chi connectivity index (χ3n) is 2.24. The molecule has 0 amide bonds. The third-order valence-corrected chi connectivity index (χ3v) is 2.24. The van der Waals surface area contributed by atoms with Gasteiger partial charge in [0.1, 0.15) is 11.5 Å². The molecule has 0 fully saturated rings. The maximum atomic E-state index is 13.2. The van der Waals surface area contributed by atoms with Crippen molar-refractivity contribution in [1.82, 2.24) is 15.0 Å². The summed E-state index contributed by atoms with van der Waals surface area (Å²) in [6, 6.07) is 4.10. The molecule has 82 valence electrons. The fourth-order valence-electron chi connectivity index (χ4n) is 1.37. The molecule has 0 aliphatic heterocycles. The van der Waals surface area contributed by atoms with Crippen molar-refractivity contribution in [3.05, 3.63) is 41.5 Å². The van der Waals surface area contributed by atoms with Crippen LogP contribution in [0.25, 0.3) is 0 Å². The Morgan fingerprint density at radius 1 is 1.50 bits per heavy atom. The van der Waals surface area contributed by atoms with Crippen LogP contribution in [0, 0.1) is 5.82 Å². The highest BCUT2D eigenvalue weighted by molar-refractivity contribution is 6.10. The maximum Gasteiger partial charge on any atom is 0.214 e. The number of hydrogen-bond acceptors (Lipinski definition) is 4. The van der Waals surface area contributed by atoms with Gasteiger partial charge in [-0.2, -0.15) is 0 Å². The van der Waals surface area contributed by atoms with Gasteiger partial charge in [-0.1, -0.05) is 11.3 Å². The highest BCUT2D eigenvalue weighted by Crippen LogP contribution is 2.18. The number of ketones is 1. The Balaban J connectivity index is 2.50. The SMILES string of the molecule is Cn1nncc1C(=O)c1cccc(F)c1N. The van der Waals surface area contributed by atoms with Gasteiger partial charge in [-0.15, -0.1) is 5.10 Å². The number of carbonyl (C=O) groups excluding carboxylic acids is 1. The van der Waals surface area contributed by atoms with Crippen LogP contribution in [-0.4, -0.2) is 20.8 Å². The highest BCUT2D eigenvalue weighted by Gasteiger charge is 2.17. The summed E-state index contributed by atoms with van der Waals surface area (Å²) in [6.07, 6.45) is 1.31. The van der Waals surface area contributed by atoms with E-state index in [9.17, 15) is 9.18 Å². The molecule has 16 heavy (non-hydrogen) atoms. The molecule has 1 aromatic heterocycles. The van der Waals surface area contributed by atoms with Gasteiger partial charge in [-0.05, 0) is 12.1 Å². The first-order valence-electron chi connectivity index (χ1n) is 4.54. The van der Waals surface area contributed by atoms with E-state index in [2.05, 4.69) is 10.3 Å². The quantitative estimate of drug-likeness (QED) is 0.599. The predicted octanol–water partition coefficient (Wildman–Crippen LogP) is 0.767. The smallest absolute Gasteiger partial charge is 0.214 e. The molecular formula is C10H9FN4O. The van der Waals surface area contributed by atoms with E-state index >= 15 is 0 Å². The zero-order chi connectivity index (χ0) is 11.7. The number of anilines is 1. The predicted molar refractivity (Wildman–Crippen MR) is 55.2 cm³/mol. The molecule has 0 unspecified atom stereocenters. The Kier molecular flexibility index (Phi) is 2.40. The number of nitrogens with zero attached hydrogens (tertiary/aromatic N) is 3. The number of aromatic nitrogens is 3. The topological polar surface area (TPSA) is 73.8 Å². The lowest BCUT2D eigenvalue weighted by Crippen LogP contribution is -2.11. The summed E-state index contributed by atoms with van der Waals surface area (Å²) >= 11 is 0. The first kappa shape index (κ1) is 10.3. The Morgan fingerprint density at radius 3 is 2.88 bits per heavy atom. The van der Waals surface area contributed by atoms with Crippen molar-refractivity contribution in [2.75, 3.05) is 5.73 Å². The number of para-hydroxylation sites is 1. The van der Waals surface area contributed by atoms with Crippen LogP contribution in [0.2, 0.25) is 0 Å². The van der Waals surface area contributed by atoms with E-state index in [0.717, 1.165) is 0 Å². The molecule has 0 atom stereocenters. The van der Waals surface area contributed by atoms with E-state index in [4.69, 9.17) is 5.73 Å². The second kappa shape index (κ2) is 3.73. The number of aryl methyl sites for hydroxylation is 1. The van der Waals surface area contributed by atoms with Crippen LogP contribution in [0.4, 0.5) is 10.1 Å². The monoisotopic (exact) mass is 220 g/mol. The van der Waals surface area contributed by atoms with E-state index in [1.807, 2.05) is 0 Å². The first-order chi connectivity index (χ1) is 7.61. The van der Waals surface area contributed by atoms with E-state index in [1.54, 1.807) is 7.05 Å². The Bertz CT molecular complexity index is 550. The zero-order valence-corrected chi connectivity index (χ0v) is 8.51. The molecule has 6 heteroatoms. The van der Waals surface area contributed by atoms with Crippen LogP contribution in [0.15, 0.2) is 24.4 Å². The summed E-state index contributed by atoms with van der Waals surface area (Å²) in [7, 11) is 1.58. The minimum absolute atomic E-state index is 0.116. The number of nitrogens with two attached hydrogens (primary N) is 1. The van der Waals surface area contributed by atoms with Gasteiger partial charge in [0.25, 0.3) is 0 Å². The molecule has 0 radical (unpaired) electrons. The molecule has 0 saturated carbocycles. The van der Waals surface area contributed by atoms with Crippen molar-refractivity contribution in [3.8, 4) is 0 Å². The minimum atomic E-state index is -0.610. The van der Waals surface area contributed by atoms with Gasteiger partial charge in [0.05, 0.1) is 17.4 Å². The molecule has 5 nitrogen and oxygen atoms in total. The fourth-order valence-corrected chi connectivity index (χ4v) is 1.37. The summed E-state index contributed by atoms with van der Waals surface area (Å²) in [5.41, 5.74) is 5.71. The van der Waals surface area contributed by atoms with Crippen molar-refractivity contribution in [1.29, 1.82) is 0 Å². The third kappa shape index (κ3) is 1.54. The molecule has 0 aliphatic carbocycles. The van der Waals surface area contributed by atoms with Crippen molar-refractivity contribution < 1.29 is 9.18 Å². The number of carbonyl (C=O) groups is 1. The van der Waals surface area contributed by atoms with E-state index in [-0.39, 0.29) is 16.9 Å². The molecule has 0 aliphatic rings. The summed E-state index contributed by atoms with van der Waals surface area (Å²) in [5.74, 6) is -1.01. The molecular weight excluding hydrogens is 211 g/mol. The minimum Gasteiger partial charge on any atom is -0.396 e. The van der Waals surface area contributed by atoms with Crippen LogP contribution in [0.1, 0.15) is 16.1 Å². The Labute approximate surface area is 90.7 Å². The van der Waals surface area contributed by atoms with Crippen LogP contribution in [0.3, 0.4) is 0 Å². The van der Waals surface area contributed by atoms with Crippen LogP contribution in [0.5, 0.6) is 0 Å². The summed E-state index contributed by atoms with van der Waals surface area (Å²) in [5, 5.41) is 7.20. The molecule has 1 heterocycles. The van der Waals surface area contributed by atoms with Gasteiger partial charge >= 0.3 is 0 Å². The lowest BCUT2D eigenvalue weighted by Gasteiger charge is -2.04. The van der Waals surface area contributed by atoms with Crippen LogP contribution < -0.4 is 5.73 Å². The van der Waals surface area contributed by atoms with Crippen molar-refractivity contribution >= 4 is 11.5 Å². The van der Waals surface area contributed by atoms with Crippen LogP contribution >= 0.6 is 0 Å². The number of hydrogen-bond donors (Lipinski definition) is 1. The van der Waals surface area contributed by atoms with Crippen LogP contribution in [-0.2, 0) is 7.05 Å². The largest absolute Gasteiger partial charge is 0.396 e. The second-order valence-electron chi connectivity index (χ2n) is 3.27. The molecule has 2 rings (SSSR count). The Morgan fingerprint density at radius 2 is 2.25 bits per heavy atom. The normalized spacial score (nSPS) is 10.4. The van der Waals surface area contributed by atoms with E-state index < -0.39 is 11.6 Å². The molecule has 0 spiro atoms. The average Bonchev–Trinajstić information content (AvgIpc) is 2.68. The lowest BCUT2D eigenvalue weighted by atomic mass is 10.1. The second-order valence-corrected chi connectivity index (χ2v) is 3.27. The summed E-state index contributed by atoms with van der Waals surface area (Å²) in [6.45, 7) is 0. The number of rotatable bonds is 2. The molecule has 2 N–H and O–H groups in total. The Hall–Kier alpha value is -2.24. The maximum absolute atomic E-state index is 13.2. The van der Waals surface area contributed by atoms with Crippen molar-refractivity contribution in [2.45, 2.75) is 0 Å².